The summed E-state index contributed by atoms with van der Waals surface area (Å²) < 4.78 is 51.3. The van der Waals surface area contributed by atoms with E-state index in [2.05, 4.69) is 0 Å². The predicted octanol–water partition coefficient (Wildman–Crippen LogP) is -0.385. The van der Waals surface area contributed by atoms with E-state index in [1.807, 2.05) is 0 Å². The normalized spacial score (nSPS) is 11.8. The SMILES string of the molecule is O=S(=O)(O)S(=O)(=O)c1ccccc1.[NaH]. The Morgan fingerprint density at radius 1 is 0.929 bits per heavy atom. The van der Waals surface area contributed by atoms with Gasteiger partial charge < -0.3 is 0 Å². The molecule has 0 aliphatic heterocycles. The van der Waals surface area contributed by atoms with E-state index in [0.29, 0.717) is 0 Å². The summed E-state index contributed by atoms with van der Waals surface area (Å²) in [6.07, 6.45) is 0. The second-order valence-corrected chi connectivity index (χ2v) is 7.01. The number of hydrogen-bond donors (Lipinski definition) is 1. The van der Waals surface area contributed by atoms with E-state index in [1.165, 1.54) is 18.2 Å². The van der Waals surface area contributed by atoms with Crippen molar-refractivity contribution >= 4 is 47.6 Å². The number of hydrogen-bond acceptors (Lipinski definition) is 4. The summed E-state index contributed by atoms with van der Waals surface area (Å²) in [5.41, 5.74) is 0. The first kappa shape index (κ1) is 14.1. The summed E-state index contributed by atoms with van der Waals surface area (Å²) in [6, 6.07) is 6.42. The molecule has 5 nitrogen and oxygen atoms in total. The molecule has 1 rings (SSSR count). The van der Waals surface area contributed by atoms with Crippen molar-refractivity contribution in [2.75, 3.05) is 0 Å². The molecule has 0 fully saturated rings. The molecule has 0 bridgehead atoms. The van der Waals surface area contributed by atoms with Gasteiger partial charge in [-0.2, -0.15) is 8.42 Å². The van der Waals surface area contributed by atoms with Crippen LogP contribution in [0, 0.1) is 0 Å². The molecule has 0 saturated carbocycles. The zero-order chi connectivity index (χ0) is 10.1. The standard InChI is InChI=1S/C6H6O5S2.Na.H/c7-12(8,13(9,10)11)6-4-2-1-3-5-6;;/h1-5H,(H,9,10,11);;. The summed E-state index contributed by atoms with van der Waals surface area (Å²) >= 11 is 0. The van der Waals surface area contributed by atoms with E-state index >= 15 is 0 Å². The maximum atomic E-state index is 11.0. The Labute approximate surface area is 103 Å². The van der Waals surface area contributed by atoms with Crippen LogP contribution in [0.15, 0.2) is 35.2 Å². The van der Waals surface area contributed by atoms with Gasteiger partial charge in [0, 0.05) is 0 Å². The van der Waals surface area contributed by atoms with Gasteiger partial charge in [-0.25, -0.2) is 8.42 Å². The van der Waals surface area contributed by atoms with Gasteiger partial charge in [-0.15, -0.1) is 0 Å². The van der Waals surface area contributed by atoms with Crippen LogP contribution < -0.4 is 0 Å². The van der Waals surface area contributed by atoms with Crippen LogP contribution in [0.1, 0.15) is 0 Å². The molecule has 0 radical (unpaired) electrons. The van der Waals surface area contributed by atoms with E-state index in [0.717, 1.165) is 12.1 Å². The Morgan fingerprint density at radius 3 is 1.71 bits per heavy atom. The first-order chi connectivity index (χ1) is 5.86. The van der Waals surface area contributed by atoms with Crippen LogP contribution in [-0.2, 0) is 18.0 Å². The molecule has 1 aromatic carbocycles. The summed E-state index contributed by atoms with van der Waals surface area (Å²) in [6.45, 7) is 0. The fourth-order valence-electron chi connectivity index (χ4n) is 0.709. The molecule has 14 heavy (non-hydrogen) atoms. The summed E-state index contributed by atoms with van der Waals surface area (Å²) in [5.74, 6) is 0. The van der Waals surface area contributed by atoms with Gasteiger partial charge in [-0.1, -0.05) is 18.2 Å². The van der Waals surface area contributed by atoms with E-state index in [4.69, 9.17) is 4.55 Å². The molecule has 0 aliphatic rings. The molecule has 0 spiro atoms. The average Bonchev–Trinajstić information content (AvgIpc) is 2.04. The minimum absolute atomic E-state index is 0. The van der Waals surface area contributed by atoms with Crippen molar-refractivity contribution in [3.05, 3.63) is 30.3 Å². The Morgan fingerprint density at radius 2 is 1.36 bits per heavy atom. The maximum absolute atomic E-state index is 11.0. The molecular weight excluding hydrogens is 239 g/mol. The number of benzene rings is 1. The number of rotatable bonds is 2. The minimum atomic E-state index is -5.08. The van der Waals surface area contributed by atoms with Crippen molar-refractivity contribution < 1.29 is 21.4 Å². The molecule has 0 aromatic heterocycles. The average molecular weight is 246 g/mol. The van der Waals surface area contributed by atoms with Crippen LogP contribution in [0.4, 0.5) is 0 Å². The molecule has 0 heterocycles. The van der Waals surface area contributed by atoms with Crippen LogP contribution in [0.25, 0.3) is 0 Å². The van der Waals surface area contributed by atoms with Gasteiger partial charge in [0.2, 0.25) is 0 Å². The van der Waals surface area contributed by atoms with Crippen molar-refractivity contribution in [1.29, 1.82) is 0 Å². The summed E-state index contributed by atoms with van der Waals surface area (Å²) in [4.78, 5) is -0.447. The Hall–Kier alpha value is 0.0800. The molecular formula is C6H7NaO5S2. The first-order valence-corrected chi connectivity index (χ1v) is 6.57. The van der Waals surface area contributed by atoms with Gasteiger partial charge in [0.05, 0.1) is 4.90 Å². The van der Waals surface area contributed by atoms with Crippen molar-refractivity contribution in [3.63, 3.8) is 0 Å². The fraction of sp³-hybridized carbons (Fsp3) is 0. The van der Waals surface area contributed by atoms with Crippen LogP contribution in [0.3, 0.4) is 0 Å². The summed E-state index contributed by atoms with van der Waals surface area (Å²) in [5, 5.41) is 0. The Kier molecular flexibility index (Phi) is 4.76. The Balaban J connectivity index is 0.00000169. The van der Waals surface area contributed by atoms with E-state index in [9.17, 15) is 16.8 Å². The molecule has 0 atom stereocenters. The predicted molar refractivity (Wildman–Crippen MR) is 52.3 cm³/mol. The molecule has 8 heteroatoms. The molecule has 0 amide bonds. The molecule has 1 N–H and O–H groups in total. The van der Waals surface area contributed by atoms with E-state index in [1.54, 1.807) is 0 Å². The van der Waals surface area contributed by atoms with Gasteiger partial charge in [0.1, 0.15) is 0 Å². The zero-order valence-electron chi connectivity index (χ0n) is 6.28. The first-order valence-electron chi connectivity index (χ1n) is 3.13. The second-order valence-electron chi connectivity index (χ2n) is 2.19. The van der Waals surface area contributed by atoms with Crippen molar-refractivity contribution in [2.24, 2.45) is 0 Å². The van der Waals surface area contributed by atoms with Crippen LogP contribution >= 0.6 is 0 Å². The third kappa shape index (κ3) is 2.78. The van der Waals surface area contributed by atoms with E-state index in [-0.39, 0.29) is 29.6 Å². The molecule has 0 saturated heterocycles. The summed E-state index contributed by atoms with van der Waals surface area (Å²) in [7, 11) is -9.73. The topological polar surface area (TPSA) is 88.5 Å². The van der Waals surface area contributed by atoms with Gasteiger partial charge >= 0.3 is 47.6 Å². The van der Waals surface area contributed by atoms with Crippen LogP contribution in [0.5, 0.6) is 0 Å². The Bertz CT molecular complexity index is 490. The third-order valence-electron chi connectivity index (χ3n) is 1.31. The molecule has 74 valence electrons. The monoisotopic (exact) mass is 246 g/mol. The van der Waals surface area contributed by atoms with Gasteiger partial charge in [0.25, 0.3) is 0 Å². The fourth-order valence-corrected chi connectivity index (χ4v) is 2.51. The van der Waals surface area contributed by atoms with Crippen molar-refractivity contribution in [3.8, 4) is 0 Å². The van der Waals surface area contributed by atoms with Crippen molar-refractivity contribution in [2.45, 2.75) is 4.90 Å². The van der Waals surface area contributed by atoms with E-state index < -0.39 is 22.9 Å². The molecule has 0 aliphatic carbocycles. The molecule has 0 unspecified atom stereocenters. The van der Waals surface area contributed by atoms with Crippen molar-refractivity contribution in [1.82, 2.24) is 0 Å². The third-order valence-corrected chi connectivity index (χ3v) is 4.95. The van der Waals surface area contributed by atoms with Crippen LogP contribution in [0.2, 0.25) is 0 Å². The van der Waals surface area contributed by atoms with Crippen LogP contribution in [-0.4, -0.2) is 50.9 Å². The van der Waals surface area contributed by atoms with Gasteiger partial charge in [-0.05, 0) is 12.1 Å². The van der Waals surface area contributed by atoms with Gasteiger partial charge in [0.15, 0.2) is 0 Å². The second kappa shape index (κ2) is 4.73. The quantitative estimate of drug-likeness (QED) is 0.436. The molecule has 1 aromatic rings. The zero-order valence-corrected chi connectivity index (χ0v) is 7.92. The van der Waals surface area contributed by atoms with Gasteiger partial charge in [-0.3, -0.25) is 4.55 Å².